The number of halogens is 1. The van der Waals surface area contributed by atoms with Gasteiger partial charge in [0.1, 0.15) is 5.15 Å². The minimum Gasteiger partial charge on any atom is -0.454 e. The minimum absolute atomic E-state index is 0.141. The van der Waals surface area contributed by atoms with Crippen molar-refractivity contribution in [1.82, 2.24) is 10.3 Å². The Balaban J connectivity index is 1.60. The molecule has 2 heterocycles. The van der Waals surface area contributed by atoms with E-state index in [-0.39, 0.29) is 18.3 Å². The van der Waals surface area contributed by atoms with Gasteiger partial charge in [-0.05, 0) is 42.5 Å². The lowest BCUT2D eigenvalue weighted by Gasteiger charge is -2.05. The summed E-state index contributed by atoms with van der Waals surface area (Å²) in [7, 11) is 0. The average molecular weight is 403 g/mol. The maximum absolute atomic E-state index is 12.2. The van der Waals surface area contributed by atoms with Gasteiger partial charge in [-0.3, -0.25) is 9.59 Å². The van der Waals surface area contributed by atoms with Gasteiger partial charge >= 0.3 is 5.97 Å². The Kier molecular flexibility index (Phi) is 5.83. The molecule has 0 bridgehead atoms. The summed E-state index contributed by atoms with van der Waals surface area (Å²) in [6.07, 6.45) is 0. The zero-order valence-electron chi connectivity index (χ0n) is 14.3. The average Bonchev–Trinajstić information content (AvgIpc) is 3.13. The fourth-order valence-corrected chi connectivity index (χ4v) is 3.37. The summed E-state index contributed by atoms with van der Waals surface area (Å²) in [6.45, 7) is 1.44. The SMILES string of the molecule is CC(=O)NCc1ccc(C(=O)COC(=O)c2ccc3nc(Cl)ccc3c2)s1. The summed E-state index contributed by atoms with van der Waals surface area (Å²) in [5.74, 6) is -1.02. The molecule has 0 atom stereocenters. The molecule has 1 amide bonds. The molecule has 0 saturated heterocycles. The first-order chi connectivity index (χ1) is 12.9. The Labute approximate surface area is 164 Å². The third kappa shape index (κ3) is 4.90. The topological polar surface area (TPSA) is 85.4 Å². The Morgan fingerprint density at radius 1 is 1.15 bits per heavy atom. The Hall–Kier alpha value is -2.77. The van der Waals surface area contributed by atoms with Crippen molar-refractivity contribution in [3.05, 3.63) is 62.9 Å². The molecule has 3 aromatic rings. The lowest BCUT2D eigenvalue weighted by Crippen LogP contribution is -2.18. The Morgan fingerprint density at radius 3 is 2.74 bits per heavy atom. The maximum atomic E-state index is 12.2. The van der Waals surface area contributed by atoms with E-state index in [4.69, 9.17) is 16.3 Å². The first kappa shape index (κ1) is 19.0. The first-order valence-electron chi connectivity index (χ1n) is 8.02. The molecule has 8 heteroatoms. The lowest BCUT2D eigenvalue weighted by molar-refractivity contribution is -0.119. The van der Waals surface area contributed by atoms with Crippen molar-refractivity contribution in [1.29, 1.82) is 0 Å². The maximum Gasteiger partial charge on any atom is 0.338 e. The van der Waals surface area contributed by atoms with Crippen LogP contribution in [-0.2, 0) is 16.1 Å². The van der Waals surface area contributed by atoms with Gasteiger partial charge in [-0.1, -0.05) is 11.6 Å². The normalized spacial score (nSPS) is 10.6. The molecule has 0 radical (unpaired) electrons. The predicted octanol–water partition coefficient (Wildman–Crippen LogP) is 3.63. The molecule has 1 aromatic carbocycles. The number of Topliss-reactive ketones (excluding diaryl/α,β-unsaturated/α-hetero) is 1. The third-order valence-electron chi connectivity index (χ3n) is 3.67. The molecule has 0 unspecified atom stereocenters. The number of aromatic nitrogens is 1. The molecule has 2 aromatic heterocycles. The molecule has 0 aliphatic heterocycles. The van der Waals surface area contributed by atoms with E-state index in [0.29, 0.717) is 27.7 Å². The quantitative estimate of drug-likeness (QED) is 0.386. The smallest absolute Gasteiger partial charge is 0.338 e. The number of hydrogen-bond donors (Lipinski definition) is 1. The van der Waals surface area contributed by atoms with Crippen LogP contribution < -0.4 is 5.32 Å². The molecule has 27 heavy (non-hydrogen) atoms. The number of hydrogen-bond acceptors (Lipinski definition) is 6. The van der Waals surface area contributed by atoms with Crippen molar-refractivity contribution in [2.75, 3.05) is 6.61 Å². The van der Waals surface area contributed by atoms with Gasteiger partial charge in [0.25, 0.3) is 0 Å². The fourth-order valence-electron chi connectivity index (χ4n) is 2.35. The van der Waals surface area contributed by atoms with E-state index in [1.54, 1.807) is 42.5 Å². The number of ketones is 1. The van der Waals surface area contributed by atoms with E-state index in [1.165, 1.54) is 18.3 Å². The first-order valence-corrected chi connectivity index (χ1v) is 9.21. The number of esters is 1. The van der Waals surface area contributed by atoms with Gasteiger partial charge in [0, 0.05) is 17.2 Å². The molecule has 1 N–H and O–H groups in total. The van der Waals surface area contributed by atoms with E-state index in [9.17, 15) is 14.4 Å². The number of ether oxygens (including phenoxy) is 1. The second-order valence-electron chi connectivity index (χ2n) is 5.72. The van der Waals surface area contributed by atoms with E-state index < -0.39 is 5.97 Å². The Bertz CT molecular complexity index is 1030. The number of pyridine rings is 1. The molecular formula is C19H15ClN2O4S. The highest BCUT2D eigenvalue weighted by Gasteiger charge is 2.14. The molecule has 0 fully saturated rings. The van der Waals surface area contributed by atoms with Crippen LogP contribution in [0, 0.1) is 0 Å². The molecule has 3 rings (SSSR count). The number of benzene rings is 1. The minimum atomic E-state index is -0.588. The monoisotopic (exact) mass is 402 g/mol. The highest BCUT2D eigenvalue weighted by molar-refractivity contribution is 7.14. The summed E-state index contributed by atoms with van der Waals surface area (Å²) < 4.78 is 5.13. The van der Waals surface area contributed by atoms with E-state index >= 15 is 0 Å². The number of nitrogens with one attached hydrogen (secondary N) is 1. The van der Waals surface area contributed by atoms with E-state index in [1.807, 2.05) is 0 Å². The van der Waals surface area contributed by atoms with Crippen LogP contribution in [0.1, 0.15) is 31.8 Å². The zero-order valence-corrected chi connectivity index (χ0v) is 15.9. The molecule has 138 valence electrons. The van der Waals surface area contributed by atoms with Crippen LogP contribution in [0.2, 0.25) is 5.15 Å². The van der Waals surface area contributed by atoms with Crippen molar-refractivity contribution >= 4 is 51.5 Å². The molecule has 6 nitrogen and oxygen atoms in total. The fraction of sp³-hybridized carbons (Fsp3) is 0.158. The summed E-state index contributed by atoms with van der Waals surface area (Å²) in [6, 6.07) is 11.7. The number of amides is 1. The number of rotatable bonds is 6. The number of thiophene rings is 1. The number of nitrogens with zero attached hydrogens (tertiary/aromatic N) is 1. The van der Waals surface area contributed by atoms with Crippen LogP contribution in [0.5, 0.6) is 0 Å². The van der Waals surface area contributed by atoms with Gasteiger partial charge in [-0.25, -0.2) is 9.78 Å². The van der Waals surface area contributed by atoms with E-state index in [0.717, 1.165) is 10.3 Å². The van der Waals surface area contributed by atoms with Gasteiger partial charge in [0.2, 0.25) is 11.7 Å². The Morgan fingerprint density at radius 2 is 1.96 bits per heavy atom. The van der Waals surface area contributed by atoms with Crippen LogP contribution in [0.4, 0.5) is 0 Å². The van der Waals surface area contributed by atoms with Crippen molar-refractivity contribution in [3.8, 4) is 0 Å². The van der Waals surface area contributed by atoms with Gasteiger partial charge in [-0.15, -0.1) is 11.3 Å². The summed E-state index contributed by atoms with van der Waals surface area (Å²) in [4.78, 5) is 40.8. The van der Waals surface area contributed by atoms with Crippen molar-refractivity contribution in [2.45, 2.75) is 13.5 Å². The van der Waals surface area contributed by atoms with Gasteiger partial charge in [0.15, 0.2) is 6.61 Å². The van der Waals surface area contributed by atoms with Crippen LogP contribution in [0.25, 0.3) is 10.9 Å². The van der Waals surface area contributed by atoms with Crippen LogP contribution >= 0.6 is 22.9 Å². The second kappa shape index (κ2) is 8.28. The molecule has 0 saturated carbocycles. The van der Waals surface area contributed by atoms with Gasteiger partial charge in [0.05, 0.1) is 22.5 Å². The molecular weight excluding hydrogens is 388 g/mol. The van der Waals surface area contributed by atoms with Crippen LogP contribution in [0.15, 0.2) is 42.5 Å². The molecule has 0 spiro atoms. The van der Waals surface area contributed by atoms with Crippen molar-refractivity contribution in [3.63, 3.8) is 0 Å². The second-order valence-corrected chi connectivity index (χ2v) is 7.27. The van der Waals surface area contributed by atoms with Crippen LogP contribution in [-0.4, -0.2) is 29.3 Å². The third-order valence-corrected chi connectivity index (χ3v) is 5.01. The summed E-state index contributed by atoms with van der Waals surface area (Å²) in [5, 5.41) is 3.79. The highest BCUT2D eigenvalue weighted by Crippen LogP contribution is 2.19. The standard InChI is InChI=1S/C19H15ClN2O4S/c1-11(23)21-9-14-4-6-17(27-14)16(24)10-26-19(25)13-2-5-15-12(8-13)3-7-18(20)22-15/h2-8H,9-10H2,1H3,(H,21,23). The molecule has 0 aliphatic carbocycles. The van der Waals surface area contributed by atoms with Crippen LogP contribution in [0.3, 0.4) is 0 Å². The predicted molar refractivity (Wildman–Crippen MR) is 103 cm³/mol. The van der Waals surface area contributed by atoms with Crippen molar-refractivity contribution in [2.24, 2.45) is 0 Å². The number of fused-ring (bicyclic) bond motifs is 1. The summed E-state index contributed by atoms with van der Waals surface area (Å²) >= 11 is 7.10. The van der Waals surface area contributed by atoms with Gasteiger partial charge < -0.3 is 10.1 Å². The van der Waals surface area contributed by atoms with E-state index in [2.05, 4.69) is 10.3 Å². The zero-order chi connectivity index (χ0) is 19.4. The highest BCUT2D eigenvalue weighted by atomic mass is 35.5. The number of carbonyl (C=O) groups is 3. The molecule has 0 aliphatic rings. The lowest BCUT2D eigenvalue weighted by atomic mass is 10.1. The van der Waals surface area contributed by atoms with Gasteiger partial charge in [-0.2, -0.15) is 0 Å². The largest absolute Gasteiger partial charge is 0.454 e. The van der Waals surface area contributed by atoms with Crippen molar-refractivity contribution < 1.29 is 19.1 Å². The number of carbonyl (C=O) groups excluding carboxylic acids is 3. The summed E-state index contributed by atoms with van der Waals surface area (Å²) in [5.41, 5.74) is 0.998.